The van der Waals surface area contributed by atoms with Crippen LogP contribution in [0, 0.1) is 17.3 Å². The molecule has 1 aromatic rings. The van der Waals surface area contributed by atoms with Crippen molar-refractivity contribution >= 4 is 5.91 Å². The number of nitrogens with two attached hydrogens (primary N) is 1. The van der Waals surface area contributed by atoms with Gasteiger partial charge in [-0.15, -0.1) is 0 Å². The lowest BCUT2D eigenvalue weighted by molar-refractivity contribution is 0.0946. The quantitative estimate of drug-likeness (QED) is 0.773. The predicted octanol–water partition coefficient (Wildman–Crippen LogP) is 1.53. The summed E-state index contributed by atoms with van der Waals surface area (Å²) in [6.07, 6.45) is 1.05. The van der Waals surface area contributed by atoms with E-state index >= 15 is 0 Å². The van der Waals surface area contributed by atoms with E-state index in [0.717, 1.165) is 12.0 Å². The lowest BCUT2D eigenvalue weighted by Crippen LogP contribution is -2.28. The van der Waals surface area contributed by atoms with Crippen molar-refractivity contribution in [3.05, 3.63) is 35.4 Å². The number of carbonyl (C=O) groups excluding carboxylic acids is 1. The molecule has 0 saturated heterocycles. The number of carbonyl (C=O) groups is 1. The van der Waals surface area contributed by atoms with Gasteiger partial charge >= 0.3 is 0 Å². The average molecular weight is 242 g/mol. The summed E-state index contributed by atoms with van der Waals surface area (Å²) >= 11 is 0. The van der Waals surface area contributed by atoms with Gasteiger partial charge in [0.15, 0.2) is 0 Å². The Labute approximate surface area is 108 Å². The van der Waals surface area contributed by atoms with Crippen LogP contribution in [0.3, 0.4) is 0 Å². The highest BCUT2D eigenvalue weighted by Crippen LogP contribution is 2.44. The van der Waals surface area contributed by atoms with Crippen molar-refractivity contribution in [1.29, 1.82) is 0 Å². The van der Waals surface area contributed by atoms with Crippen molar-refractivity contribution in [3.8, 4) is 11.8 Å². The third kappa shape index (κ3) is 2.91. The van der Waals surface area contributed by atoms with Gasteiger partial charge in [0, 0.05) is 17.2 Å². The number of rotatable bonds is 2. The Balaban J connectivity index is 2.06. The third-order valence-corrected chi connectivity index (χ3v) is 3.28. The lowest BCUT2D eigenvalue weighted by Gasteiger charge is -2.07. The number of nitrogens with one attached hydrogen (secondary N) is 1. The van der Waals surface area contributed by atoms with Gasteiger partial charge in [0.2, 0.25) is 0 Å². The first-order chi connectivity index (χ1) is 8.53. The fourth-order valence-corrected chi connectivity index (χ4v) is 1.85. The molecule has 0 heterocycles. The van der Waals surface area contributed by atoms with Crippen molar-refractivity contribution in [3.63, 3.8) is 0 Å². The van der Waals surface area contributed by atoms with Gasteiger partial charge in [-0.25, -0.2) is 0 Å². The molecule has 3 N–H and O–H groups in total. The zero-order valence-corrected chi connectivity index (χ0v) is 10.8. The topological polar surface area (TPSA) is 55.1 Å². The molecule has 1 fully saturated rings. The molecule has 3 heteroatoms. The van der Waals surface area contributed by atoms with Crippen LogP contribution >= 0.6 is 0 Å². The van der Waals surface area contributed by atoms with Gasteiger partial charge in [0.1, 0.15) is 0 Å². The molecule has 3 nitrogen and oxygen atoms in total. The third-order valence-electron chi connectivity index (χ3n) is 3.28. The van der Waals surface area contributed by atoms with E-state index < -0.39 is 0 Å². The fraction of sp³-hybridized carbons (Fsp3) is 0.400. The van der Waals surface area contributed by atoms with Crippen molar-refractivity contribution in [2.24, 2.45) is 11.1 Å². The number of benzene rings is 1. The van der Waals surface area contributed by atoms with Gasteiger partial charge < -0.3 is 11.1 Å². The minimum Gasteiger partial charge on any atom is -0.349 e. The summed E-state index contributed by atoms with van der Waals surface area (Å²) in [4.78, 5) is 12.0. The Morgan fingerprint density at radius 1 is 1.56 bits per heavy atom. The summed E-state index contributed by atoms with van der Waals surface area (Å²) in [6, 6.07) is 7.61. The van der Waals surface area contributed by atoms with Crippen molar-refractivity contribution < 1.29 is 4.79 Å². The number of hydrogen-bond donors (Lipinski definition) is 2. The fourth-order valence-electron chi connectivity index (χ4n) is 1.85. The highest BCUT2D eigenvalue weighted by Gasteiger charge is 2.46. The summed E-state index contributed by atoms with van der Waals surface area (Å²) < 4.78 is 0. The second-order valence-electron chi connectivity index (χ2n) is 5.31. The smallest absolute Gasteiger partial charge is 0.251 e. The van der Waals surface area contributed by atoms with Crippen LogP contribution in [-0.4, -0.2) is 18.5 Å². The summed E-state index contributed by atoms with van der Waals surface area (Å²) in [6.45, 7) is 4.63. The van der Waals surface area contributed by atoms with Gasteiger partial charge in [0.05, 0.1) is 6.54 Å². The molecule has 2 rings (SSSR count). The van der Waals surface area contributed by atoms with Gasteiger partial charge in [0.25, 0.3) is 5.91 Å². The Morgan fingerprint density at radius 2 is 2.28 bits per heavy atom. The van der Waals surface area contributed by atoms with E-state index in [-0.39, 0.29) is 11.3 Å². The van der Waals surface area contributed by atoms with E-state index in [4.69, 9.17) is 5.73 Å². The average Bonchev–Trinajstić information content (AvgIpc) is 2.94. The maximum Gasteiger partial charge on any atom is 0.251 e. The molecule has 0 spiro atoms. The van der Waals surface area contributed by atoms with Crippen LogP contribution in [0.2, 0.25) is 0 Å². The van der Waals surface area contributed by atoms with E-state index in [0.29, 0.717) is 18.2 Å². The van der Waals surface area contributed by atoms with Crippen LogP contribution in [0.5, 0.6) is 0 Å². The van der Waals surface area contributed by atoms with Crippen molar-refractivity contribution in [1.82, 2.24) is 5.32 Å². The second kappa shape index (κ2) is 4.83. The minimum absolute atomic E-state index is 0.0260. The second-order valence-corrected chi connectivity index (χ2v) is 5.31. The molecule has 1 saturated carbocycles. The molecule has 0 radical (unpaired) electrons. The van der Waals surface area contributed by atoms with Crippen LogP contribution in [-0.2, 0) is 0 Å². The van der Waals surface area contributed by atoms with Gasteiger partial charge in [-0.3, -0.25) is 4.79 Å². The Hall–Kier alpha value is -1.79. The molecule has 1 aliphatic rings. The minimum atomic E-state index is -0.0260. The van der Waals surface area contributed by atoms with Crippen molar-refractivity contribution in [2.75, 3.05) is 6.54 Å². The first-order valence-electron chi connectivity index (χ1n) is 6.13. The first kappa shape index (κ1) is 12.7. The van der Waals surface area contributed by atoms with E-state index in [1.54, 1.807) is 12.1 Å². The standard InChI is InChI=1S/C15H18N2O/c1-15(2)10-13(15)17-14(18)12-7-3-5-11(9-12)6-4-8-16/h3,5,7,9,13H,8,10,16H2,1-2H3,(H,17,18). The van der Waals surface area contributed by atoms with E-state index in [1.165, 1.54) is 0 Å². The Kier molecular flexibility index (Phi) is 3.40. The highest BCUT2D eigenvalue weighted by atomic mass is 16.1. The number of hydrogen-bond acceptors (Lipinski definition) is 2. The first-order valence-corrected chi connectivity index (χ1v) is 6.13. The van der Waals surface area contributed by atoms with E-state index in [9.17, 15) is 4.79 Å². The molecule has 94 valence electrons. The molecule has 1 atom stereocenters. The molecule has 0 bridgehead atoms. The molecule has 0 aliphatic heterocycles. The van der Waals surface area contributed by atoms with Crippen LogP contribution in [0.25, 0.3) is 0 Å². The SMILES string of the molecule is CC1(C)CC1NC(=O)c1cccc(C#CCN)c1. The zero-order valence-electron chi connectivity index (χ0n) is 10.8. The van der Waals surface area contributed by atoms with Gasteiger partial charge in [-0.2, -0.15) is 0 Å². The summed E-state index contributed by atoms with van der Waals surface area (Å²) in [7, 11) is 0. The molecular formula is C15H18N2O. The molecule has 1 unspecified atom stereocenters. The van der Waals surface area contributed by atoms with Crippen LogP contribution in [0.15, 0.2) is 24.3 Å². The zero-order chi connectivity index (χ0) is 13.2. The molecule has 0 aromatic heterocycles. The van der Waals surface area contributed by atoms with E-state index in [2.05, 4.69) is 31.0 Å². The maximum atomic E-state index is 12.0. The molecule has 18 heavy (non-hydrogen) atoms. The normalized spacial score (nSPS) is 19.6. The largest absolute Gasteiger partial charge is 0.349 e. The maximum absolute atomic E-state index is 12.0. The van der Waals surface area contributed by atoms with E-state index in [1.807, 2.05) is 12.1 Å². The summed E-state index contributed by atoms with van der Waals surface area (Å²) in [5.74, 6) is 5.69. The molecule has 1 amide bonds. The van der Waals surface area contributed by atoms with Crippen molar-refractivity contribution in [2.45, 2.75) is 26.3 Å². The lowest BCUT2D eigenvalue weighted by atomic mass is 10.1. The predicted molar refractivity (Wildman–Crippen MR) is 72.0 cm³/mol. The van der Waals surface area contributed by atoms with Gasteiger partial charge in [-0.05, 0) is 30.0 Å². The summed E-state index contributed by atoms with van der Waals surface area (Å²) in [5.41, 5.74) is 7.04. The number of amides is 1. The monoisotopic (exact) mass is 242 g/mol. The highest BCUT2D eigenvalue weighted by molar-refractivity contribution is 5.95. The Bertz CT molecular complexity index is 523. The Morgan fingerprint density at radius 3 is 2.89 bits per heavy atom. The van der Waals surface area contributed by atoms with Gasteiger partial charge in [-0.1, -0.05) is 31.8 Å². The molecule has 1 aliphatic carbocycles. The molecular weight excluding hydrogens is 224 g/mol. The van der Waals surface area contributed by atoms with Crippen LogP contribution in [0.1, 0.15) is 36.2 Å². The van der Waals surface area contributed by atoms with Crippen LogP contribution < -0.4 is 11.1 Å². The summed E-state index contributed by atoms with van der Waals surface area (Å²) in [5, 5.41) is 3.03. The molecule has 1 aromatic carbocycles. The van der Waals surface area contributed by atoms with Crippen LogP contribution in [0.4, 0.5) is 0 Å².